The summed E-state index contributed by atoms with van der Waals surface area (Å²) in [5, 5.41) is 0. The van der Waals surface area contributed by atoms with Gasteiger partial charge >= 0.3 is 0 Å². The normalized spacial score (nSPS) is 10.4. The first-order chi connectivity index (χ1) is 9.28. The van der Waals surface area contributed by atoms with Gasteiger partial charge in [0, 0.05) is 24.4 Å². The van der Waals surface area contributed by atoms with Gasteiger partial charge in [-0.2, -0.15) is 0 Å². The molecule has 2 N–H and O–H groups in total. The number of hydrogen-bond acceptors (Lipinski definition) is 3. The second-order valence-corrected chi connectivity index (χ2v) is 4.25. The third kappa shape index (κ3) is 4.34. The molecule has 1 aromatic carbocycles. The van der Waals surface area contributed by atoms with Crippen LogP contribution in [-0.2, 0) is 12.8 Å². The number of nitrogens with zero attached hydrogens (tertiary/aromatic N) is 1. The maximum atomic E-state index is 13.4. The van der Waals surface area contributed by atoms with Crippen molar-refractivity contribution in [2.75, 3.05) is 13.2 Å². The van der Waals surface area contributed by atoms with Gasteiger partial charge in [-0.1, -0.05) is 6.07 Å². The van der Waals surface area contributed by atoms with E-state index in [0.717, 1.165) is 11.3 Å². The molecule has 2 aromatic rings. The average Bonchev–Trinajstić information content (AvgIpc) is 2.40. The largest absolute Gasteiger partial charge is 0.493 e. The molecular weight excluding hydrogens is 243 g/mol. The predicted molar refractivity (Wildman–Crippen MR) is 72.6 cm³/mol. The van der Waals surface area contributed by atoms with E-state index in [1.54, 1.807) is 6.20 Å². The molecule has 0 saturated heterocycles. The van der Waals surface area contributed by atoms with Crippen molar-refractivity contribution in [3.8, 4) is 5.75 Å². The summed E-state index contributed by atoms with van der Waals surface area (Å²) in [6.45, 7) is 0.972. The van der Waals surface area contributed by atoms with Crippen LogP contribution in [0.1, 0.15) is 11.3 Å². The molecule has 0 radical (unpaired) electrons. The average molecular weight is 260 g/mol. The Hall–Kier alpha value is -1.94. The summed E-state index contributed by atoms with van der Waals surface area (Å²) >= 11 is 0. The number of aromatic nitrogens is 1. The number of pyridine rings is 1. The Kier molecular flexibility index (Phi) is 4.86. The zero-order chi connectivity index (χ0) is 13.5. The van der Waals surface area contributed by atoms with Crippen molar-refractivity contribution in [3.63, 3.8) is 0 Å². The van der Waals surface area contributed by atoms with Gasteiger partial charge in [0.2, 0.25) is 0 Å². The topological polar surface area (TPSA) is 48.1 Å². The van der Waals surface area contributed by atoms with Crippen LogP contribution in [0.25, 0.3) is 0 Å². The van der Waals surface area contributed by atoms with E-state index < -0.39 is 0 Å². The van der Waals surface area contributed by atoms with Crippen molar-refractivity contribution < 1.29 is 9.13 Å². The minimum absolute atomic E-state index is 0.293. The Bertz CT molecular complexity index is 517. The van der Waals surface area contributed by atoms with Gasteiger partial charge in [0.1, 0.15) is 11.6 Å². The lowest BCUT2D eigenvalue weighted by molar-refractivity contribution is 0.318. The molecule has 1 aromatic heterocycles. The number of halogens is 1. The molecule has 2 rings (SSSR count). The second-order valence-electron chi connectivity index (χ2n) is 4.25. The van der Waals surface area contributed by atoms with Gasteiger partial charge in [-0.15, -0.1) is 0 Å². The summed E-state index contributed by atoms with van der Waals surface area (Å²) in [4.78, 5) is 4.20. The summed E-state index contributed by atoms with van der Waals surface area (Å²) < 4.78 is 18.9. The molecule has 0 fully saturated rings. The Balaban J connectivity index is 1.92. The minimum atomic E-state index is -0.293. The fraction of sp³-hybridized carbons (Fsp3) is 0.267. The first-order valence-corrected chi connectivity index (χ1v) is 6.30. The highest BCUT2D eigenvalue weighted by Gasteiger charge is 2.02. The Morgan fingerprint density at radius 2 is 2.05 bits per heavy atom. The van der Waals surface area contributed by atoms with Crippen molar-refractivity contribution in [2.45, 2.75) is 12.8 Å². The molecule has 0 aliphatic rings. The van der Waals surface area contributed by atoms with Crippen LogP contribution < -0.4 is 10.5 Å². The van der Waals surface area contributed by atoms with Crippen molar-refractivity contribution >= 4 is 0 Å². The van der Waals surface area contributed by atoms with Crippen LogP contribution in [0.2, 0.25) is 0 Å². The maximum Gasteiger partial charge on any atom is 0.127 e. The molecule has 3 nitrogen and oxygen atoms in total. The van der Waals surface area contributed by atoms with Crippen LogP contribution >= 0.6 is 0 Å². The third-order valence-electron chi connectivity index (χ3n) is 2.72. The molecule has 0 bridgehead atoms. The van der Waals surface area contributed by atoms with E-state index in [4.69, 9.17) is 10.5 Å². The van der Waals surface area contributed by atoms with Gasteiger partial charge in [-0.25, -0.2) is 4.39 Å². The van der Waals surface area contributed by atoms with Crippen LogP contribution in [0.5, 0.6) is 5.75 Å². The molecule has 19 heavy (non-hydrogen) atoms. The highest BCUT2D eigenvalue weighted by Crippen LogP contribution is 2.17. The smallest absolute Gasteiger partial charge is 0.127 e. The first-order valence-electron chi connectivity index (χ1n) is 6.30. The summed E-state index contributed by atoms with van der Waals surface area (Å²) in [6, 6.07) is 10.4. The third-order valence-corrected chi connectivity index (χ3v) is 2.72. The SMILES string of the molecule is NCCc1cc(F)cc(OCCc2ccccn2)c1. The van der Waals surface area contributed by atoms with Gasteiger partial charge in [0.15, 0.2) is 0 Å². The van der Waals surface area contributed by atoms with Crippen LogP contribution in [0, 0.1) is 5.82 Å². The van der Waals surface area contributed by atoms with Crippen molar-refractivity contribution in [3.05, 3.63) is 59.7 Å². The van der Waals surface area contributed by atoms with Gasteiger partial charge in [-0.05, 0) is 42.8 Å². The second kappa shape index (κ2) is 6.85. The molecule has 0 amide bonds. The molecule has 0 atom stereocenters. The predicted octanol–water partition coefficient (Wildman–Crippen LogP) is 2.34. The monoisotopic (exact) mass is 260 g/mol. The molecular formula is C15H17FN2O. The van der Waals surface area contributed by atoms with Gasteiger partial charge in [0.05, 0.1) is 6.61 Å². The van der Waals surface area contributed by atoms with Gasteiger partial charge < -0.3 is 10.5 Å². The molecule has 1 heterocycles. The summed E-state index contributed by atoms with van der Waals surface area (Å²) in [5.74, 6) is 0.248. The van der Waals surface area contributed by atoms with Gasteiger partial charge in [0.25, 0.3) is 0 Å². The lowest BCUT2D eigenvalue weighted by Gasteiger charge is -2.08. The molecule has 100 valence electrons. The number of ether oxygens (including phenoxy) is 1. The molecule has 0 saturated carbocycles. The van der Waals surface area contributed by atoms with E-state index in [1.165, 1.54) is 12.1 Å². The van der Waals surface area contributed by atoms with Crippen LogP contribution in [-0.4, -0.2) is 18.1 Å². The van der Waals surface area contributed by atoms with E-state index in [9.17, 15) is 4.39 Å². The van der Waals surface area contributed by atoms with Crippen LogP contribution in [0.3, 0.4) is 0 Å². The minimum Gasteiger partial charge on any atom is -0.493 e. The zero-order valence-electron chi connectivity index (χ0n) is 10.7. The molecule has 0 aliphatic heterocycles. The van der Waals surface area contributed by atoms with E-state index in [-0.39, 0.29) is 5.82 Å². The fourth-order valence-corrected chi connectivity index (χ4v) is 1.83. The highest BCUT2D eigenvalue weighted by atomic mass is 19.1. The fourth-order valence-electron chi connectivity index (χ4n) is 1.83. The lowest BCUT2D eigenvalue weighted by atomic mass is 10.1. The summed E-state index contributed by atoms with van der Waals surface area (Å²) in [5.41, 5.74) is 7.28. The Labute approximate surface area is 112 Å². The molecule has 4 heteroatoms. The van der Waals surface area contributed by atoms with Crippen molar-refractivity contribution in [1.82, 2.24) is 4.98 Å². The first kappa shape index (κ1) is 13.5. The highest BCUT2D eigenvalue weighted by molar-refractivity contribution is 5.29. The Morgan fingerprint density at radius 1 is 1.16 bits per heavy atom. The molecule has 0 spiro atoms. The number of benzene rings is 1. The van der Waals surface area contributed by atoms with E-state index in [0.29, 0.717) is 31.7 Å². The summed E-state index contributed by atoms with van der Waals surface area (Å²) in [6.07, 6.45) is 3.09. The van der Waals surface area contributed by atoms with Crippen molar-refractivity contribution in [2.24, 2.45) is 5.73 Å². The maximum absolute atomic E-state index is 13.4. The van der Waals surface area contributed by atoms with Gasteiger partial charge in [-0.3, -0.25) is 4.98 Å². The van der Waals surface area contributed by atoms with Crippen LogP contribution in [0.4, 0.5) is 4.39 Å². The zero-order valence-corrected chi connectivity index (χ0v) is 10.7. The van der Waals surface area contributed by atoms with Crippen LogP contribution in [0.15, 0.2) is 42.6 Å². The number of rotatable bonds is 6. The molecule has 0 aliphatic carbocycles. The lowest BCUT2D eigenvalue weighted by Crippen LogP contribution is -2.05. The van der Waals surface area contributed by atoms with E-state index in [2.05, 4.69) is 4.98 Å². The van der Waals surface area contributed by atoms with Crippen molar-refractivity contribution in [1.29, 1.82) is 0 Å². The summed E-state index contributed by atoms with van der Waals surface area (Å²) in [7, 11) is 0. The van der Waals surface area contributed by atoms with E-state index in [1.807, 2.05) is 24.3 Å². The number of hydrogen-bond donors (Lipinski definition) is 1. The quantitative estimate of drug-likeness (QED) is 0.867. The molecule has 0 unspecified atom stereocenters. The number of nitrogens with two attached hydrogens (primary N) is 1. The standard InChI is InChI=1S/C15H17FN2O/c16-13-9-12(4-6-17)10-15(11-13)19-8-5-14-3-1-2-7-18-14/h1-3,7,9-11H,4-6,8,17H2. The van der Waals surface area contributed by atoms with E-state index >= 15 is 0 Å². The Morgan fingerprint density at radius 3 is 2.79 bits per heavy atom.